The van der Waals surface area contributed by atoms with E-state index in [-0.39, 0.29) is 0 Å². The standard InChI is InChI=1S/C12H24N/c1-3-4-5-6-7-10-13(2)11-8-9-12-13/h8,11H,3-7,9-10,12H2,1-2H3/q+1. The molecule has 0 amide bonds. The molecular formula is C12H24N+. The summed E-state index contributed by atoms with van der Waals surface area (Å²) in [4.78, 5) is 0. The highest BCUT2D eigenvalue weighted by molar-refractivity contribution is 4.80. The van der Waals surface area contributed by atoms with E-state index < -0.39 is 0 Å². The summed E-state index contributed by atoms with van der Waals surface area (Å²) in [7, 11) is 2.35. The summed E-state index contributed by atoms with van der Waals surface area (Å²) in [5, 5.41) is 0. The largest absolute Gasteiger partial charge is 0.300 e. The summed E-state index contributed by atoms with van der Waals surface area (Å²) >= 11 is 0. The molecule has 0 bridgehead atoms. The number of quaternary nitrogens is 1. The van der Waals surface area contributed by atoms with Gasteiger partial charge in [0.1, 0.15) is 0 Å². The molecule has 1 rings (SSSR count). The summed E-state index contributed by atoms with van der Waals surface area (Å²) in [5.41, 5.74) is 0. The van der Waals surface area contributed by atoms with Crippen molar-refractivity contribution in [3.8, 4) is 0 Å². The molecule has 1 nitrogen and oxygen atoms in total. The molecule has 1 heterocycles. The molecule has 0 N–H and O–H groups in total. The van der Waals surface area contributed by atoms with Crippen LogP contribution in [0, 0.1) is 0 Å². The van der Waals surface area contributed by atoms with Crippen LogP contribution in [0.4, 0.5) is 0 Å². The maximum atomic E-state index is 2.37. The highest BCUT2D eigenvalue weighted by Gasteiger charge is 2.20. The van der Waals surface area contributed by atoms with Crippen molar-refractivity contribution in [1.29, 1.82) is 0 Å². The lowest BCUT2D eigenvalue weighted by molar-refractivity contribution is -0.854. The minimum absolute atomic E-state index is 1.19. The van der Waals surface area contributed by atoms with Crippen LogP contribution in [0.25, 0.3) is 0 Å². The molecule has 0 radical (unpaired) electrons. The van der Waals surface area contributed by atoms with Crippen LogP contribution < -0.4 is 0 Å². The van der Waals surface area contributed by atoms with Gasteiger partial charge in [-0.25, -0.2) is 0 Å². The van der Waals surface area contributed by atoms with Crippen molar-refractivity contribution in [1.82, 2.24) is 0 Å². The average molecular weight is 182 g/mol. The Hall–Kier alpha value is -0.300. The van der Waals surface area contributed by atoms with E-state index in [1.165, 1.54) is 56.1 Å². The van der Waals surface area contributed by atoms with Gasteiger partial charge in [-0.3, -0.25) is 4.48 Å². The molecule has 1 heteroatoms. The van der Waals surface area contributed by atoms with E-state index in [4.69, 9.17) is 0 Å². The first-order chi connectivity index (χ1) is 6.27. The van der Waals surface area contributed by atoms with Crippen molar-refractivity contribution >= 4 is 0 Å². The topological polar surface area (TPSA) is 0 Å². The van der Waals surface area contributed by atoms with Crippen LogP contribution in [0.15, 0.2) is 12.3 Å². The van der Waals surface area contributed by atoms with Crippen LogP contribution in [0.3, 0.4) is 0 Å². The quantitative estimate of drug-likeness (QED) is 0.436. The molecular weight excluding hydrogens is 158 g/mol. The van der Waals surface area contributed by atoms with E-state index in [9.17, 15) is 0 Å². The third kappa shape index (κ3) is 3.95. The Kier molecular flexibility index (Phi) is 4.51. The lowest BCUT2D eigenvalue weighted by atomic mass is 10.1. The number of rotatable bonds is 6. The molecule has 0 aromatic rings. The fourth-order valence-corrected chi connectivity index (χ4v) is 2.04. The highest BCUT2D eigenvalue weighted by atomic mass is 15.3. The van der Waals surface area contributed by atoms with Crippen molar-refractivity contribution in [2.75, 3.05) is 20.1 Å². The van der Waals surface area contributed by atoms with E-state index in [0.717, 1.165) is 0 Å². The van der Waals surface area contributed by atoms with Gasteiger partial charge in [0.15, 0.2) is 0 Å². The van der Waals surface area contributed by atoms with Gasteiger partial charge in [0.05, 0.1) is 26.3 Å². The SMILES string of the molecule is CCCCCCC[N+]1(C)C=CCC1. The molecule has 0 aromatic heterocycles. The lowest BCUT2D eigenvalue weighted by Gasteiger charge is -2.26. The van der Waals surface area contributed by atoms with Gasteiger partial charge in [0.25, 0.3) is 0 Å². The van der Waals surface area contributed by atoms with Crippen molar-refractivity contribution < 1.29 is 4.48 Å². The zero-order chi connectivity index (χ0) is 9.57. The van der Waals surface area contributed by atoms with Crippen LogP contribution in [0.2, 0.25) is 0 Å². The van der Waals surface area contributed by atoms with E-state index >= 15 is 0 Å². The summed E-state index contributed by atoms with van der Waals surface area (Å²) < 4.78 is 1.19. The van der Waals surface area contributed by atoms with Gasteiger partial charge in [-0.1, -0.05) is 26.2 Å². The summed E-state index contributed by atoms with van der Waals surface area (Å²) in [6, 6.07) is 0. The molecule has 0 saturated heterocycles. The van der Waals surface area contributed by atoms with Crippen molar-refractivity contribution in [2.24, 2.45) is 0 Å². The smallest absolute Gasteiger partial charge is 0.0918 e. The predicted molar refractivity (Wildman–Crippen MR) is 58.4 cm³/mol. The van der Waals surface area contributed by atoms with Gasteiger partial charge in [0.2, 0.25) is 0 Å². The van der Waals surface area contributed by atoms with Crippen molar-refractivity contribution in [3.63, 3.8) is 0 Å². The predicted octanol–water partition coefficient (Wildman–Crippen LogP) is 3.32. The third-order valence-electron chi connectivity index (χ3n) is 3.04. The molecule has 76 valence electrons. The lowest BCUT2D eigenvalue weighted by Crippen LogP contribution is -2.37. The minimum atomic E-state index is 1.19. The van der Waals surface area contributed by atoms with Crippen LogP contribution in [-0.2, 0) is 0 Å². The first kappa shape index (κ1) is 10.8. The highest BCUT2D eigenvalue weighted by Crippen LogP contribution is 2.15. The van der Waals surface area contributed by atoms with Crippen molar-refractivity contribution in [3.05, 3.63) is 12.3 Å². The van der Waals surface area contributed by atoms with Gasteiger partial charge < -0.3 is 0 Å². The maximum absolute atomic E-state index is 2.37. The Morgan fingerprint density at radius 1 is 1.15 bits per heavy atom. The van der Waals surface area contributed by atoms with Crippen LogP contribution in [0.1, 0.15) is 45.4 Å². The van der Waals surface area contributed by atoms with Gasteiger partial charge >= 0.3 is 0 Å². The Morgan fingerprint density at radius 2 is 1.92 bits per heavy atom. The molecule has 1 atom stereocenters. The maximum Gasteiger partial charge on any atom is 0.0918 e. The molecule has 0 aromatic carbocycles. The fourth-order valence-electron chi connectivity index (χ4n) is 2.04. The Balaban J connectivity index is 2.02. The molecule has 0 fully saturated rings. The van der Waals surface area contributed by atoms with Gasteiger partial charge in [-0.15, -0.1) is 0 Å². The van der Waals surface area contributed by atoms with E-state index in [1.807, 2.05) is 0 Å². The Bertz CT molecular complexity index is 163. The monoisotopic (exact) mass is 182 g/mol. The number of nitrogens with zero attached hydrogens (tertiary/aromatic N) is 1. The zero-order valence-electron chi connectivity index (χ0n) is 9.26. The summed E-state index contributed by atoms with van der Waals surface area (Å²) in [6.07, 6.45) is 13.0. The summed E-state index contributed by atoms with van der Waals surface area (Å²) in [6.45, 7) is 4.95. The number of hydrogen-bond donors (Lipinski definition) is 0. The normalized spacial score (nSPS) is 26.9. The molecule has 1 unspecified atom stereocenters. The first-order valence-electron chi connectivity index (χ1n) is 5.79. The van der Waals surface area contributed by atoms with E-state index in [1.54, 1.807) is 0 Å². The van der Waals surface area contributed by atoms with Gasteiger partial charge in [0, 0.05) is 6.42 Å². The van der Waals surface area contributed by atoms with Crippen LogP contribution in [0.5, 0.6) is 0 Å². The molecule has 1 aliphatic rings. The molecule has 0 spiro atoms. The van der Waals surface area contributed by atoms with Crippen LogP contribution >= 0.6 is 0 Å². The molecule has 0 aliphatic carbocycles. The fraction of sp³-hybridized carbons (Fsp3) is 0.833. The number of unbranched alkanes of at least 4 members (excludes halogenated alkanes) is 4. The average Bonchev–Trinajstić information content (AvgIpc) is 2.53. The second kappa shape index (κ2) is 5.43. The Morgan fingerprint density at radius 3 is 2.54 bits per heavy atom. The van der Waals surface area contributed by atoms with Crippen LogP contribution in [-0.4, -0.2) is 24.6 Å². The third-order valence-corrected chi connectivity index (χ3v) is 3.04. The minimum Gasteiger partial charge on any atom is -0.300 e. The molecule has 1 aliphatic heterocycles. The van der Waals surface area contributed by atoms with E-state index in [0.29, 0.717) is 0 Å². The summed E-state index contributed by atoms with van der Waals surface area (Å²) in [5.74, 6) is 0. The molecule has 13 heavy (non-hydrogen) atoms. The van der Waals surface area contributed by atoms with Gasteiger partial charge in [-0.2, -0.15) is 0 Å². The zero-order valence-corrected chi connectivity index (χ0v) is 9.26. The second-order valence-corrected chi connectivity index (χ2v) is 4.51. The van der Waals surface area contributed by atoms with E-state index in [2.05, 4.69) is 26.2 Å². The van der Waals surface area contributed by atoms with Gasteiger partial charge in [-0.05, 0) is 18.9 Å². The number of hydrogen-bond acceptors (Lipinski definition) is 0. The second-order valence-electron chi connectivity index (χ2n) is 4.51. The van der Waals surface area contributed by atoms with Crippen molar-refractivity contribution in [2.45, 2.75) is 45.4 Å². The Labute approximate surface area is 83.0 Å². The molecule has 0 saturated carbocycles. The first-order valence-corrected chi connectivity index (χ1v) is 5.79.